The molecule has 1 amide bonds. The molecule has 2 heterocycles. The predicted octanol–water partition coefficient (Wildman–Crippen LogP) is 2.70. The number of hydrogen-bond donors (Lipinski definition) is 1. The van der Waals surface area contributed by atoms with Gasteiger partial charge in [-0.3, -0.25) is 4.79 Å². The summed E-state index contributed by atoms with van der Waals surface area (Å²) in [6.45, 7) is 1.19. The van der Waals surface area contributed by atoms with Gasteiger partial charge in [-0.15, -0.1) is 0 Å². The molecule has 1 atom stereocenters. The van der Waals surface area contributed by atoms with Crippen molar-refractivity contribution in [1.29, 1.82) is 0 Å². The fraction of sp³-hybridized carbons (Fsp3) is 0.263. The Morgan fingerprint density at radius 2 is 1.65 bits per heavy atom. The zero-order chi connectivity index (χ0) is 18.1. The molecule has 1 aliphatic rings. The van der Waals surface area contributed by atoms with Crippen LogP contribution in [0.2, 0.25) is 0 Å². The maximum absolute atomic E-state index is 13.4. The number of nitrogens with zero attached hydrogens (tertiary/aromatic N) is 2. The van der Waals surface area contributed by atoms with E-state index < -0.39 is 15.1 Å². The first-order valence-corrected chi connectivity index (χ1v) is 10.1. The molecule has 1 aromatic heterocycles. The van der Waals surface area contributed by atoms with Crippen LogP contribution in [0.5, 0.6) is 0 Å². The van der Waals surface area contributed by atoms with E-state index in [0.29, 0.717) is 29.7 Å². The van der Waals surface area contributed by atoms with E-state index in [1.165, 1.54) is 0 Å². The second-order valence-electron chi connectivity index (χ2n) is 6.43. The van der Waals surface area contributed by atoms with Crippen LogP contribution in [0.15, 0.2) is 59.8 Å². The van der Waals surface area contributed by atoms with E-state index in [4.69, 9.17) is 0 Å². The summed E-state index contributed by atoms with van der Waals surface area (Å²) in [5, 5.41) is -1.46. The highest BCUT2D eigenvalue weighted by atomic mass is 32.2. The first-order chi connectivity index (χ1) is 12.6. The fourth-order valence-corrected chi connectivity index (χ4v) is 4.99. The van der Waals surface area contributed by atoms with E-state index in [-0.39, 0.29) is 11.1 Å². The summed E-state index contributed by atoms with van der Waals surface area (Å²) in [7, 11) is -4.01. The Balaban J connectivity index is 1.82. The minimum Gasteiger partial charge on any atom is -0.341 e. The van der Waals surface area contributed by atoms with Crippen LogP contribution in [0.3, 0.4) is 0 Å². The first kappa shape index (κ1) is 16.8. The van der Waals surface area contributed by atoms with Gasteiger partial charge in [0.15, 0.2) is 5.25 Å². The second kappa shape index (κ2) is 6.57. The zero-order valence-corrected chi connectivity index (χ0v) is 14.9. The van der Waals surface area contributed by atoms with Crippen LogP contribution in [0.1, 0.15) is 23.7 Å². The minimum atomic E-state index is -4.01. The van der Waals surface area contributed by atoms with Crippen LogP contribution in [0.4, 0.5) is 0 Å². The minimum absolute atomic E-state index is 0.167. The molecule has 7 heteroatoms. The molecule has 1 aliphatic heterocycles. The van der Waals surface area contributed by atoms with Crippen molar-refractivity contribution in [2.24, 2.45) is 0 Å². The van der Waals surface area contributed by atoms with Crippen LogP contribution < -0.4 is 0 Å². The van der Waals surface area contributed by atoms with Crippen LogP contribution in [0.25, 0.3) is 11.0 Å². The third-order valence-corrected chi connectivity index (χ3v) is 6.52. The molecule has 0 bridgehead atoms. The number of para-hydroxylation sites is 2. The van der Waals surface area contributed by atoms with Gasteiger partial charge in [-0.1, -0.05) is 42.5 Å². The summed E-state index contributed by atoms with van der Waals surface area (Å²) in [5.74, 6) is -0.380. The predicted molar refractivity (Wildman–Crippen MR) is 98.3 cm³/mol. The maximum atomic E-state index is 13.4. The molecule has 134 valence electrons. The summed E-state index contributed by atoms with van der Waals surface area (Å²) >= 11 is 0. The van der Waals surface area contributed by atoms with E-state index >= 15 is 0 Å². The summed E-state index contributed by atoms with van der Waals surface area (Å²) < 4.78 is 26.7. The van der Waals surface area contributed by atoms with Gasteiger partial charge in [0.2, 0.25) is 20.9 Å². The summed E-state index contributed by atoms with van der Waals surface area (Å²) in [6, 6.07) is 15.8. The van der Waals surface area contributed by atoms with Gasteiger partial charge >= 0.3 is 0 Å². The van der Waals surface area contributed by atoms with Gasteiger partial charge < -0.3 is 9.88 Å². The Morgan fingerprint density at radius 1 is 1.00 bits per heavy atom. The Hall–Kier alpha value is -2.67. The topological polar surface area (TPSA) is 83.1 Å². The van der Waals surface area contributed by atoms with Crippen molar-refractivity contribution in [2.45, 2.75) is 23.2 Å². The van der Waals surface area contributed by atoms with Gasteiger partial charge in [0.25, 0.3) is 0 Å². The second-order valence-corrected chi connectivity index (χ2v) is 8.38. The van der Waals surface area contributed by atoms with Gasteiger partial charge in [-0.25, -0.2) is 13.4 Å². The Kier molecular flexibility index (Phi) is 4.24. The van der Waals surface area contributed by atoms with Crippen molar-refractivity contribution in [3.05, 3.63) is 60.2 Å². The van der Waals surface area contributed by atoms with Crippen LogP contribution >= 0.6 is 0 Å². The third kappa shape index (κ3) is 2.88. The van der Waals surface area contributed by atoms with Crippen LogP contribution in [0, 0.1) is 0 Å². The van der Waals surface area contributed by atoms with Crippen LogP contribution in [-0.4, -0.2) is 42.3 Å². The molecule has 0 radical (unpaired) electrons. The fourth-order valence-electron chi connectivity index (χ4n) is 3.36. The van der Waals surface area contributed by atoms with Crippen molar-refractivity contribution in [2.75, 3.05) is 13.1 Å². The average Bonchev–Trinajstić information content (AvgIpc) is 3.32. The molecular formula is C19H19N3O3S. The van der Waals surface area contributed by atoms with E-state index in [9.17, 15) is 13.2 Å². The number of likely N-dealkylation sites (tertiary alicyclic amines) is 1. The Labute approximate surface area is 151 Å². The molecule has 2 aromatic carbocycles. The highest BCUT2D eigenvalue weighted by molar-refractivity contribution is 7.92. The molecule has 0 spiro atoms. The number of aromatic amines is 1. The van der Waals surface area contributed by atoms with Gasteiger partial charge in [0.1, 0.15) is 0 Å². The number of hydrogen-bond acceptors (Lipinski definition) is 4. The number of imidazole rings is 1. The standard InChI is InChI=1S/C19H19N3O3S/c23-18(22-12-6-7-13-22)17(14-8-2-1-3-9-14)26(24,25)19-20-15-10-4-5-11-16(15)21-19/h1-5,8-11,17H,6-7,12-13H2,(H,20,21)/t17-/m1/s1. The number of benzene rings is 2. The highest BCUT2D eigenvalue weighted by Gasteiger charge is 2.40. The molecule has 0 unspecified atom stereocenters. The lowest BCUT2D eigenvalue weighted by Gasteiger charge is -2.22. The van der Waals surface area contributed by atoms with Crippen molar-refractivity contribution >= 4 is 26.8 Å². The third-order valence-electron chi connectivity index (χ3n) is 4.69. The largest absolute Gasteiger partial charge is 0.341 e. The molecule has 26 heavy (non-hydrogen) atoms. The van der Waals surface area contributed by atoms with Crippen molar-refractivity contribution in [1.82, 2.24) is 14.9 Å². The number of amides is 1. The lowest BCUT2D eigenvalue weighted by Crippen LogP contribution is -2.36. The SMILES string of the molecule is O=C([C@@H](c1ccccc1)S(=O)(=O)c1nc2ccccc2[nH]1)N1CCCC1. The van der Waals surface area contributed by atoms with E-state index in [0.717, 1.165) is 12.8 Å². The number of carbonyl (C=O) groups excluding carboxylic acids is 1. The molecule has 1 N–H and O–H groups in total. The lowest BCUT2D eigenvalue weighted by atomic mass is 10.1. The van der Waals surface area contributed by atoms with Crippen molar-refractivity contribution < 1.29 is 13.2 Å². The quantitative estimate of drug-likeness (QED) is 0.766. The average molecular weight is 369 g/mol. The molecule has 1 saturated heterocycles. The van der Waals surface area contributed by atoms with Crippen molar-refractivity contribution in [3.63, 3.8) is 0 Å². The highest BCUT2D eigenvalue weighted by Crippen LogP contribution is 2.31. The summed E-state index contributed by atoms with van der Waals surface area (Å²) in [4.78, 5) is 21.8. The van der Waals surface area contributed by atoms with Gasteiger partial charge in [-0.05, 0) is 30.5 Å². The zero-order valence-electron chi connectivity index (χ0n) is 14.1. The molecule has 6 nitrogen and oxygen atoms in total. The monoisotopic (exact) mass is 369 g/mol. The first-order valence-electron chi connectivity index (χ1n) is 8.60. The number of fused-ring (bicyclic) bond motifs is 1. The van der Waals surface area contributed by atoms with E-state index in [1.54, 1.807) is 59.5 Å². The number of H-pyrrole nitrogens is 1. The number of rotatable bonds is 4. The molecular weight excluding hydrogens is 350 g/mol. The normalized spacial score (nSPS) is 16.1. The Morgan fingerprint density at radius 3 is 2.35 bits per heavy atom. The number of nitrogens with one attached hydrogen (secondary N) is 1. The molecule has 1 fully saturated rings. The molecule has 0 saturated carbocycles. The lowest BCUT2D eigenvalue weighted by molar-refractivity contribution is -0.129. The van der Waals surface area contributed by atoms with Gasteiger partial charge in [-0.2, -0.15) is 0 Å². The summed E-state index contributed by atoms with van der Waals surface area (Å²) in [5.41, 5.74) is 1.66. The number of aromatic nitrogens is 2. The molecule has 4 rings (SSSR count). The van der Waals surface area contributed by atoms with Crippen LogP contribution in [-0.2, 0) is 14.6 Å². The van der Waals surface area contributed by atoms with Gasteiger partial charge in [0, 0.05) is 13.1 Å². The number of sulfone groups is 1. The number of carbonyl (C=O) groups is 1. The van der Waals surface area contributed by atoms with E-state index in [2.05, 4.69) is 9.97 Å². The maximum Gasteiger partial charge on any atom is 0.245 e. The van der Waals surface area contributed by atoms with Gasteiger partial charge in [0.05, 0.1) is 11.0 Å². The molecule has 3 aromatic rings. The Bertz CT molecular complexity index is 1010. The summed E-state index contributed by atoms with van der Waals surface area (Å²) in [6.07, 6.45) is 1.80. The van der Waals surface area contributed by atoms with Crippen molar-refractivity contribution in [3.8, 4) is 0 Å². The van der Waals surface area contributed by atoms with E-state index in [1.807, 2.05) is 0 Å². The smallest absolute Gasteiger partial charge is 0.245 e. The molecule has 0 aliphatic carbocycles.